The molecule has 26 heavy (non-hydrogen) atoms. The third-order valence-corrected chi connectivity index (χ3v) is 3.93. The van der Waals surface area contributed by atoms with Gasteiger partial charge in [0.05, 0.1) is 16.0 Å². The Hall–Kier alpha value is -3.52. The van der Waals surface area contributed by atoms with Crippen LogP contribution in [0.5, 0.6) is 11.6 Å². The van der Waals surface area contributed by atoms with Crippen LogP contribution in [-0.4, -0.2) is 24.7 Å². The third kappa shape index (κ3) is 2.93. The highest BCUT2D eigenvalue weighted by Crippen LogP contribution is 2.28. The fourth-order valence-electron chi connectivity index (χ4n) is 2.42. The molecule has 0 saturated carbocycles. The van der Waals surface area contributed by atoms with Gasteiger partial charge in [-0.15, -0.1) is 15.3 Å². The minimum atomic E-state index is -0.487. The van der Waals surface area contributed by atoms with Crippen LogP contribution in [0.15, 0.2) is 60.7 Å². The molecule has 128 valence electrons. The highest BCUT2D eigenvalue weighted by Gasteiger charge is 2.14. The molecule has 2 aromatic carbocycles. The van der Waals surface area contributed by atoms with Crippen molar-refractivity contribution in [3.63, 3.8) is 0 Å². The van der Waals surface area contributed by atoms with E-state index in [1.165, 1.54) is 16.6 Å². The number of aromatic nitrogens is 4. The van der Waals surface area contributed by atoms with Gasteiger partial charge in [-0.25, -0.2) is 0 Å². The standard InChI is InChI=1S/C17H10ClN5O3/c18-14-7-2-1-6-13(14)17-20-19-15-8-9-16(21-22(15)17)26-12-5-3-4-11(10-12)23(24)25/h1-10H. The minimum Gasteiger partial charge on any atom is -0.437 e. The molecule has 0 N–H and O–H groups in total. The Kier molecular flexibility index (Phi) is 3.94. The summed E-state index contributed by atoms with van der Waals surface area (Å²) < 4.78 is 7.15. The molecule has 0 aliphatic rings. The maximum Gasteiger partial charge on any atom is 0.273 e. The van der Waals surface area contributed by atoms with Crippen LogP contribution in [0, 0.1) is 10.1 Å². The van der Waals surface area contributed by atoms with Crippen molar-refractivity contribution >= 4 is 22.9 Å². The molecule has 9 heteroatoms. The Morgan fingerprint density at radius 3 is 2.69 bits per heavy atom. The molecule has 0 fully saturated rings. The monoisotopic (exact) mass is 367 g/mol. The molecule has 2 heterocycles. The predicted octanol–water partition coefficient (Wildman–Crippen LogP) is 4.15. The fraction of sp³-hybridized carbons (Fsp3) is 0. The number of nitrogens with zero attached hydrogens (tertiary/aromatic N) is 5. The molecule has 4 rings (SSSR count). The highest BCUT2D eigenvalue weighted by atomic mass is 35.5. The Bertz CT molecular complexity index is 1130. The second-order valence-electron chi connectivity index (χ2n) is 5.30. The summed E-state index contributed by atoms with van der Waals surface area (Å²) in [7, 11) is 0. The summed E-state index contributed by atoms with van der Waals surface area (Å²) in [6.07, 6.45) is 0. The first kappa shape index (κ1) is 16.0. The van der Waals surface area contributed by atoms with E-state index in [2.05, 4.69) is 15.3 Å². The van der Waals surface area contributed by atoms with Crippen molar-refractivity contribution in [2.24, 2.45) is 0 Å². The second-order valence-corrected chi connectivity index (χ2v) is 5.71. The molecule has 0 unspecified atom stereocenters. The van der Waals surface area contributed by atoms with Gasteiger partial charge in [-0.2, -0.15) is 4.52 Å². The molecule has 2 aromatic heterocycles. The predicted molar refractivity (Wildman–Crippen MR) is 94.4 cm³/mol. The van der Waals surface area contributed by atoms with E-state index in [4.69, 9.17) is 16.3 Å². The van der Waals surface area contributed by atoms with Crippen LogP contribution in [0.4, 0.5) is 5.69 Å². The van der Waals surface area contributed by atoms with E-state index in [0.717, 1.165) is 0 Å². The lowest BCUT2D eigenvalue weighted by Crippen LogP contribution is -1.98. The Morgan fingerprint density at radius 1 is 1.04 bits per heavy atom. The lowest BCUT2D eigenvalue weighted by molar-refractivity contribution is -0.384. The third-order valence-electron chi connectivity index (χ3n) is 3.60. The first-order valence-electron chi connectivity index (χ1n) is 7.51. The maximum atomic E-state index is 10.9. The van der Waals surface area contributed by atoms with E-state index < -0.39 is 4.92 Å². The van der Waals surface area contributed by atoms with Gasteiger partial charge in [0.1, 0.15) is 5.75 Å². The lowest BCUT2D eigenvalue weighted by atomic mass is 10.2. The van der Waals surface area contributed by atoms with Crippen LogP contribution >= 0.6 is 11.6 Å². The van der Waals surface area contributed by atoms with E-state index in [1.807, 2.05) is 18.2 Å². The number of ether oxygens (including phenoxy) is 1. The molecule has 0 atom stereocenters. The van der Waals surface area contributed by atoms with E-state index >= 15 is 0 Å². The molecule has 0 radical (unpaired) electrons. The average molecular weight is 368 g/mol. The summed E-state index contributed by atoms with van der Waals surface area (Å²) in [5, 5.41) is 24.0. The highest BCUT2D eigenvalue weighted by molar-refractivity contribution is 6.33. The van der Waals surface area contributed by atoms with Crippen molar-refractivity contribution in [2.75, 3.05) is 0 Å². The molecule has 0 amide bonds. The van der Waals surface area contributed by atoms with Gasteiger partial charge < -0.3 is 4.74 Å². The maximum absolute atomic E-state index is 10.9. The summed E-state index contributed by atoms with van der Waals surface area (Å²) in [6.45, 7) is 0. The van der Waals surface area contributed by atoms with Gasteiger partial charge in [0.2, 0.25) is 5.88 Å². The Balaban J connectivity index is 1.74. The van der Waals surface area contributed by atoms with Crippen molar-refractivity contribution in [1.82, 2.24) is 19.8 Å². The number of halogens is 1. The Labute approximate surface area is 151 Å². The van der Waals surface area contributed by atoms with Crippen LogP contribution < -0.4 is 4.74 Å². The van der Waals surface area contributed by atoms with Crippen LogP contribution in [0.1, 0.15) is 0 Å². The summed E-state index contributed by atoms with van der Waals surface area (Å²) in [6, 6.07) is 16.4. The number of nitro groups is 1. The molecule has 8 nitrogen and oxygen atoms in total. The second kappa shape index (κ2) is 6.41. The zero-order valence-corrected chi connectivity index (χ0v) is 13.9. The van der Waals surface area contributed by atoms with Crippen molar-refractivity contribution in [2.45, 2.75) is 0 Å². The molecule has 0 bridgehead atoms. The summed E-state index contributed by atoms with van der Waals surface area (Å²) in [5.74, 6) is 1.01. The zero-order chi connectivity index (χ0) is 18.1. The van der Waals surface area contributed by atoms with Crippen LogP contribution in [0.3, 0.4) is 0 Å². The topological polar surface area (TPSA) is 95.5 Å². The van der Waals surface area contributed by atoms with Gasteiger partial charge in [-0.1, -0.05) is 29.8 Å². The molecule has 4 aromatic rings. The average Bonchev–Trinajstić information content (AvgIpc) is 3.05. The van der Waals surface area contributed by atoms with Gasteiger partial charge in [-0.3, -0.25) is 10.1 Å². The van der Waals surface area contributed by atoms with Crippen molar-refractivity contribution in [3.8, 4) is 23.0 Å². The van der Waals surface area contributed by atoms with Gasteiger partial charge in [0.15, 0.2) is 11.5 Å². The molecule has 0 saturated heterocycles. The summed E-state index contributed by atoms with van der Waals surface area (Å²) in [4.78, 5) is 10.4. The molecule has 0 spiro atoms. The number of non-ortho nitro benzene ring substituents is 1. The number of nitro benzene ring substituents is 1. The summed E-state index contributed by atoms with van der Waals surface area (Å²) >= 11 is 6.23. The van der Waals surface area contributed by atoms with E-state index in [0.29, 0.717) is 27.8 Å². The first-order chi connectivity index (χ1) is 12.6. The van der Waals surface area contributed by atoms with Gasteiger partial charge in [-0.05, 0) is 24.3 Å². The molecule has 0 aliphatic carbocycles. The lowest BCUT2D eigenvalue weighted by Gasteiger charge is -2.06. The number of hydrogen-bond donors (Lipinski definition) is 0. The molecular formula is C17H10ClN5O3. The van der Waals surface area contributed by atoms with E-state index in [1.54, 1.807) is 30.3 Å². The van der Waals surface area contributed by atoms with Crippen molar-refractivity contribution in [3.05, 3.63) is 75.8 Å². The number of fused-ring (bicyclic) bond motifs is 1. The van der Waals surface area contributed by atoms with Crippen LogP contribution in [0.25, 0.3) is 17.0 Å². The quantitative estimate of drug-likeness (QED) is 0.397. The minimum absolute atomic E-state index is 0.0652. The number of benzene rings is 2. The first-order valence-corrected chi connectivity index (χ1v) is 7.89. The largest absolute Gasteiger partial charge is 0.437 e. The Morgan fingerprint density at radius 2 is 1.88 bits per heavy atom. The SMILES string of the molecule is O=[N+]([O-])c1cccc(Oc2ccc3nnc(-c4ccccc4Cl)n3n2)c1. The van der Waals surface area contributed by atoms with E-state index in [9.17, 15) is 10.1 Å². The van der Waals surface area contributed by atoms with Crippen molar-refractivity contribution in [1.29, 1.82) is 0 Å². The molecular weight excluding hydrogens is 358 g/mol. The number of rotatable bonds is 4. The van der Waals surface area contributed by atoms with Crippen LogP contribution in [0.2, 0.25) is 5.02 Å². The fourth-order valence-corrected chi connectivity index (χ4v) is 2.64. The van der Waals surface area contributed by atoms with Crippen molar-refractivity contribution < 1.29 is 9.66 Å². The van der Waals surface area contributed by atoms with Gasteiger partial charge >= 0.3 is 0 Å². The zero-order valence-electron chi connectivity index (χ0n) is 13.1. The van der Waals surface area contributed by atoms with Gasteiger partial charge in [0.25, 0.3) is 5.69 Å². The molecule has 0 aliphatic heterocycles. The van der Waals surface area contributed by atoms with Crippen LogP contribution in [-0.2, 0) is 0 Å². The van der Waals surface area contributed by atoms with Gasteiger partial charge in [0, 0.05) is 17.7 Å². The summed E-state index contributed by atoms with van der Waals surface area (Å²) in [5.41, 5.74) is 1.14. The normalized spacial score (nSPS) is 10.8. The smallest absolute Gasteiger partial charge is 0.273 e. The van der Waals surface area contributed by atoms with E-state index in [-0.39, 0.29) is 11.6 Å². The number of hydrogen-bond acceptors (Lipinski definition) is 6.